The van der Waals surface area contributed by atoms with Gasteiger partial charge in [-0.15, -0.1) is 0 Å². The molecule has 0 saturated carbocycles. The van der Waals surface area contributed by atoms with Crippen molar-refractivity contribution in [2.75, 3.05) is 11.9 Å². The number of nitrogens with one attached hydrogen (secondary N) is 2. The fraction of sp³-hybridized carbons (Fsp3) is 0.154. The van der Waals surface area contributed by atoms with E-state index in [-0.39, 0.29) is 5.70 Å². The van der Waals surface area contributed by atoms with Gasteiger partial charge in [-0.25, -0.2) is 9.69 Å². The molecule has 5 amide bonds. The normalized spacial score (nSPS) is 14.4. The monoisotopic (exact) mass is 471 g/mol. The van der Waals surface area contributed by atoms with E-state index in [0.717, 1.165) is 33.1 Å². The maximum absolute atomic E-state index is 12.9. The third kappa shape index (κ3) is 4.84. The van der Waals surface area contributed by atoms with Crippen LogP contribution in [0, 0.1) is 20.8 Å². The molecule has 1 saturated heterocycles. The molecule has 2 heterocycles. The summed E-state index contributed by atoms with van der Waals surface area (Å²) in [6.45, 7) is 5.29. The maximum Gasteiger partial charge on any atom is 0.329 e. The van der Waals surface area contributed by atoms with E-state index in [0.29, 0.717) is 11.3 Å². The smallest absolute Gasteiger partial charge is 0.329 e. The van der Waals surface area contributed by atoms with E-state index in [4.69, 9.17) is 5.73 Å². The van der Waals surface area contributed by atoms with Gasteiger partial charge in [-0.1, -0.05) is 12.1 Å². The minimum Gasteiger partial charge on any atom is -0.366 e. The van der Waals surface area contributed by atoms with Crippen LogP contribution in [0.1, 0.15) is 32.9 Å². The van der Waals surface area contributed by atoms with E-state index < -0.39 is 30.3 Å². The Morgan fingerprint density at radius 3 is 2.40 bits per heavy atom. The molecule has 2 aromatic carbocycles. The first-order valence-corrected chi connectivity index (χ1v) is 10.9. The lowest BCUT2D eigenvalue weighted by Crippen LogP contribution is -2.38. The molecular formula is C26H25N5O4. The molecule has 1 aromatic heterocycles. The SMILES string of the molecule is Cc1cccc(NC(=O)CN2C(=O)N/C(=C/c3cc(C)n(-c4ccc(C(N)=O)cc4)c3C)C2=O)c1. The van der Waals surface area contributed by atoms with Crippen LogP contribution in [0.15, 0.2) is 60.3 Å². The Morgan fingerprint density at radius 1 is 1.03 bits per heavy atom. The predicted octanol–water partition coefficient (Wildman–Crippen LogP) is 3.03. The van der Waals surface area contributed by atoms with Gasteiger partial charge in [-0.2, -0.15) is 0 Å². The van der Waals surface area contributed by atoms with Gasteiger partial charge < -0.3 is 20.9 Å². The molecule has 1 aliphatic rings. The summed E-state index contributed by atoms with van der Waals surface area (Å²) < 4.78 is 1.96. The van der Waals surface area contributed by atoms with Crippen molar-refractivity contribution >= 4 is 35.5 Å². The fourth-order valence-electron chi connectivity index (χ4n) is 4.04. The number of rotatable bonds is 6. The zero-order valence-electron chi connectivity index (χ0n) is 19.6. The fourth-order valence-corrected chi connectivity index (χ4v) is 4.04. The lowest BCUT2D eigenvalue weighted by atomic mass is 10.2. The molecule has 0 atom stereocenters. The number of amides is 5. The highest BCUT2D eigenvalue weighted by Gasteiger charge is 2.35. The molecule has 1 aliphatic heterocycles. The summed E-state index contributed by atoms with van der Waals surface area (Å²) in [5.41, 5.74) is 10.7. The Hall–Kier alpha value is -4.66. The van der Waals surface area contributed by atoms with Gasteiger partial charge >= 0.3 is 6.03 Å². The highest BCUT2D eigenvalue weighted by Crippen LogP contribution is 2.24. The number of carbonyl (C=O) groups excluding carboxylic acids is 4. The number of benzene rings is 2. The second kappa shape index (κ2) is 9.30. The number of nitrogens with two attached hydrogens (primary N) is 1. The summed E-state index contributed by atoms with van der Waals surface area (Å²) >= 11 is 0. The van der Waals surface area contributed by atoms with Crippen molar-refractivity contribution < 1.29 is 19.2 Å². The lowest BCUT2D eigenvalue weighted by molar-refractivity contribution is -0.127. The molecule has 9 nitrogen and oxygen atoms in total. The molecule has 0 unspecified atom stereocenters. The van der Waals surface area contributed by atoms with E-state index >= 15 is 0 Å². The van der Waals surface area contributed by atoms with E-state index in [1.165, 1.54) is 0 Å². The third-order valence-electron chi connectivity index (χ3n) is 5.75. The minimum absolute atomic E-state index is 0.0858. The highest BCUT2D eigenvalue weighted by atomic mass is 16.2. The van der Waals surface area contributed by atoms with E-state index in [9.17, 15) is 19.2 Å². The lowest BCUT2D eigenvalue weighted by Gasteiger charge is -2.12. The van der Waals surface area contributed by atoms with Gasteiger partial charge in [-0.3, -0.25) is 14.4 Å². The van der Waals surface area contributed by atoms with Gasteiger partial charge in [-0.05, 0) is 80.4 Å². The van der Waals surface area contributed by atoms with E-state index in [2.05, 4.69) is 10.6 Å². The largest absolute Gasteiger partial charge is 0.366 e. The molecule has 4 N–H and O–H groups in total. The maximum atomic E-state index is 12.9. The molecule has 0 aliphatic carbocycles. The number of hydrogen-bond donors (Lipinski definition) is 3. The van der Waals surface area contributed by atoms with E-state index in [1.807, 2.05) is 43.5 Å². The number of primary amides is 1. The molecule has 0 spiro atoms. The second-order valence-electron chi connectivity index (χ2n) is 8.37. The van der Waals surface area contributed by atoms with Crippen molar-refractivity contribution in [1.29, 1.82) is 0 Å². The highest BCUT2D eigenvalue weighted by molar-refractivity contribution is 6.16. The standard InChI is InChI=1S/C26H25N5O4/c1-15-5-4-6-20(11-15)28-23(32)14-30-25(34)22(29-26(30)35)13-19-12-16(2)31(17(19)3)21-9-7-18(8-10-21)24(27)33/h4-13H,14H2,1-3H3,(H2,27,33)(H,28,32)(H,29,35)/b22-13+. The van der Waals surface area contributed by atoms with Crippen LogP contribution in [0.5, 0.6) is 0 Å². The molecule has 178 valence electrons. The van der Waals surface area contributed by atoms with Crippen LogP contribution in [-0.4, -0.2) is 39.8 Å². The minimum atomic E-state index is -0.656. The van der Waals surface area contributed by atoms with Crippen LogP contribution >= 0.6 is 0 Å². The van der Waals surface area contributed by atoms with Gasteiger partial charge in [0, 0.05) is 28.3 Å². The number of hydrogen-bond acceptors (Lipinski definition) is 4. The third-order valence-corrected chi connectivity index (χ3v) is 5.75. The Labute approximate surface area is 202 Å². The van der Waals surface area contributed by atoms with Gasteiger partial charge in [0.05, 0.1) is 0 Å². The summed E-state index contributed by atoms with van der Waals surface area (Å²) in [6.07, 6.45) is 1.59. The van der Waals surface area contributed by atoms with Gasteiger partial charge in [0.25, 0.3) is 5.91 Å². The summed E-state index contributed by atoms with van der Waals surface area (Å²) in [7, 11) is 0. The Bertz CT molecular complexity index is 1390. The van der Waals surface area contributed by atoms with Crippen LogP contribution in [0.3, 0.4) is 0 Å². The number of anilines is 1. The molecular weight excluding hydrogens is 446 g/mol. The zero-order chi connectivity index (χ0) is 25.3. The number of carbonyl (C=O) groups is 4. The topological polar surface area (TPSA) is 127 Å². The summed E-state index contributed by atoms with van der Waals surface area (Å²) in [5.74, 6) is -1.56. The van der Waals surface area contributed by atoms with Crippen LogP contribution < -0.4 is 16.4 Å². The Kier molecular flexibility index (Phi) is 6.24. The first-order chi connectivity index (χ1) is 16.6. The van der Waals surface area contributed by atoms with Crippen molar-refractivity contribution in [2.24, 2.45) is 5.73 Å². The Balaban J connectivity index is 1.53. The molecule has 0 bridgehead atoms. The van der Waals surface area contributed by atoms with Crippen molar-refractivity contribution in [3.8, 4) is 5.69 Å². The summed E-state index contributed by atoms with van der Waals surface area (Å²) in [4.78, 5) is 49.9. The number of nitrogens with zero attached hydrogens (tertiary/aromatic N) is 2. The number of imide groups is 1. The van der Waals surface area contributed by atoms with Crippen molar-refractivity contribution in [3.05, 3.63) is 88.4 Å². The molecule has 9 heteroatoms. The van der Waals surface area contributed by atoms with Crippen LogP contribution in [0.25, 0.3) is 11.8 Å². The second-order valence-corrected chi connectivity index (χ2v) is 8.37. The Morgan fingerprint density at radius 2 is 1.74 bits per heavy atom. The van der Waals surface area contributed by atoms with Gasteiger partial charge in [0.15, 0.2) is 0 Å². The first-order valence-electron chi connectivity index (χ1n) is 10.9. The van der Waals surface area contributed by atoms with Crippen molar-refractivity contribution in [3.63, 3.8) is 0 Å². The van der Waals surface area contributed by atoms with Gasteiger partial charge in [0.1, 0.15) is 12.2 Å². The van der Waals surface area contributed by atoms with E-state index in [1.54, 1.807) is 42.5 Å². The average molecular weight is 472 g/mol. The van der Waals surface area contributed by atoms with Crippen molar-refractivity contribution in [1.82, 2.24) is 14.8 Å². The number of aromatic nitrogens is 1. The van der Waals surface area contributed by atoms with Crippen LogP contribution in [-0.2, 0) is 9.59 Å². The molecule has 3 aromatic rings. The quantitative estimate of drug-likeness (QED) is 0.377. The van der Waals surface area contributed by atoms with Gasteiger partial charge in [0.2, 0.25) is 11.8 Å². The summed E-state index contributed by atoms with van der Waals surface area (Å²) in [6, 6.07) is 15.3. The molecule has 0 radical (unpaired) electrons. The number of urea groups is 1. The number of aryl methyl sites for hydroxylation is 2. The van der Waals surface area contributed by atoms with Crippen LogP contribution in [0.4, 0.5) is 10.5 Å². The first kappa shape index (κ1) is 23.5. The molecule has 4 rings (SSSR count). The molecule has 35 heavy (non-hydrogen) atoms. The van der Waals surface area contributed by atoms with Crippen LogP contribution in [0.2, 0.25) is 0 Å². The molecule has 1 fully saturated rings. The van der Waals surface area contributed by atoms with Crippen molar-refractivity contribution in [2.45, 2.75) is 20.8 Å². The summed E-state index contributed by atoms with van der Waals surface area (Å²) in [5, 5.41) is 5.25. The average Bonchev–Trinajstić information content (AvgIpc) is 3.23. The zero-order valence-corrected chi connectivity index (χ0v) is 19.6. The predicted molar refractivity (Wildman–Crippen MR) is 132 cm³/mol.